The van der Waals surface area contributed by atoms with Gasteiger partial charge in [-0.1, -0.05) is 16.8 Å². The van der Waals surface area contributed by atoms with Gasteiger partial charge < -0.3 is 19.6 Å². The van der Waals surface area contributed by atoms with Crippen LogP contribution in [0.15, 0.2) is 10.6 Å². The van der Waals surface area contributed by atoms with E-state index in [1.807, 2.05) is 0 Å². The van der Waals surface area contributed by atoms with Crippen LogP contribution in [-0.4, -0.2) is 51.5 Å². The normalized spacial score (nSPS) is 23.6. The predicted octanol–water partition coefficient (Wildman–Crippen LogP) is 0.216. The number of amides is 1. The highest BCUT2D eigenvalue weighted by molar-refractivity contribution is 6.29. The van der Waals surface area contributed by atoms with Crippen LogP contribution in [0, 0.1) is 0 Å². The molecule has 1 unspecified atom stereocenters. The molecular formula is C11H15ClN2O4. The monoisotopic (exact) mass is 274 g/mol. The Morgan fingerprint density at radius 1 is 1.67 bits per heavy atom. The van der Waals surface area contributed by atoms with E-state index < -0.39 is 5.60 Å². The summed E-state index contributed by atoms with van der Waals surface area (Å²) in [5, 5.41) is 22.6. The minimum absolute atomic E-state index is 0.0769. The fraction of sp³-hybridized carbons (Fsp3) is 0.636. The van der Waals surface area contributed by atoms with Crippen LogP contribution >= 0.6 is 11.6 Å². The predicted molar refractivity (Wildman–Crippen MR) is 63.1 cm³/mol. The van der Waals surface area contributed by atoms with Crippen molar-refractivity contribution in [2.24, 2.45) is 0 Å². The lowest BCUT2D eigenvalue weighted by atomic mass is 10.1. The molecule has 2 rings (SSSR count). The van der Waals surface area contributed by atoms with Gasteiger partial charge in [0.1, 0.15) is 11.4 Å². The zero-order chi connectivity index (χ0) is 13.2. The van der Waals surface area contributed by atoms with Gasteiger partial charge in [0.15, 0.2) is 5.15 Å². The van der Waals surface area contributed by atoms with Gasteiger partial charge in [0.25, 0.3) is 0 Å². The Kier molecular flexibility index (Phi) is 3.89. The van der Waals surface area contributed by atoms with Crippen molar-refractivity contribution in [3.8, 4) is 0 Å². The van der Waals surface area contributed by atoms with Gasteiger partial charge in [-0.2, -0.15) is 0 Å². The summed E-state index contributed by atoms with van der Waals surface area (Å²) in [5.41, 5.74) is -1.15. The summed E-state index contributed by atoms with van der Waals surface area (Å²) in [7, 11) is 0. The second-order valence-corrected chi connectivity index (χ2v) is 4.95. The van der Waals surface area contributed by atoms with Crippen LogP contribution in [0.1, 0.15) is 18.6 Å². The summed E-state index contributed by atoms with van der Waals surface area (Å²) in [6.45, 7) is 0.320. The van der Waals surface area contributed by atoms with Gasteiger partial charge in [-0.15, -0.1) is 0 Å². The molecule has 18 heavy (non-hydrogen) atoms. The molecule has 0 spiro atoms. The van der Waals surface area contributed by atoms with E-state index in [-0.39, 0.29) is 30.6 Å². The summed E-state index contributed by atoms with van der Waals surface area (Å²) in [5.74, 6) is 0.483. The van der Waals surface area contributed by atoms with Crippen LogP contribution in [0.25, 0.3) is 0 Å². The van der Waals surface area contributed by atoms with Gasteiger partial charge in [-0.05, 0) is 6.42 Å². The third kappa shape index (κ3) is 3.01. The summed E-state index contributed by atoms with van der Waals surface area (Å²) in [6, 6.07) is 1.57. The molecule has 1 atom stereocenters. The van der Waals surface area contributed by atoms with Crippen molar-refractivity contribution in [2.75, 3.05) is 19.7 Å². The first kappa shape index (κ1) is 13.3. The number of carbonyl (C=O) groups excluding carboxylic acids is 1. The minimum atomic E-state index is -1.15. The van der Waals surface area contributed by atoms with E-state index in [0.717, 1.165) is 0 Å². The van der Waals surface area contributed by atoms with Crippen LogP contribution < -0.4 is 0 Å². The number of hydrogen-bond acceptors (Lipinski definition) is 5. The van der Waals surface area contributed by atoms with Gasteiger partial charge in [0.2, 0.25) is 5.91 Å². The third-order valence-corrected chi connectivity index (χ3v) is 3.27. The van der Waals surface area contributed by atoms with Gasteiger partial charge in [-0.25, -0.2) is 0 Å². The molecule has 2 N–H and O–H groups in total. The summed E-state index contributed by atoms with van der Waals surface area (Å²) < 4.78 is 4.90. The number of halogens is 1. The topological polar surface area (TPSA) is 86.8 Å². The molecule has 100 valence electrons. The highest BCUT2D eigenvalue weighted by Crippen LogP contribution is 2.21. The molecule has 1 aromatic rings. The van der Waals surface area contributed by atoms with Gasteiger partial charge in [0.05, 0.1) is 13.2 Å². The highest BCUT2D eigenvalue weighted by atomic mass is 35.5. The molecule has 2 heterocycles. The molecular weight excluding hydrogens is 260 g/mol. The maximum Gasteiger partial charge on any atom is 0.223 e. The van der Waals surface area contributed by atoms with E-state index in [4.69, 9.17) is 21.2 Å². The Morgan fingerprint density at radius 3 is 3.00 bits per heavy atom. The molecule has 1 aromatic heterocycles. The maximum absolute atomic E-state index is 11.9. The Labute approximate surface area is 109 Å². The molecule has 0 radical (unpaired) electrons. The number of carbonyl (C=O) groups is 1. The second-order valence-electron chi connectivity index (χ2n) is 4.56. The molecule has 1 aliphatic rings. The molecule has 1 amide bonds. The smallest absolute Gasteiger partial charge is 0.223 e. The summed E-state index contributed by atoms with van der Waals surface area (Å²) in [4.78, 5) is 13.4. The number of aromatic nitrogens is 1. The van der Waals surface area contributed by atoms with Gasteiger partial charge >= 0.3 is 0 Å². The first-order valence-corrected chi connectivity index (χ1v) is 6.12. The third-order valence-electron chi connectivity index (χ3n) is 3.09. The lowest BCUT2D eigenvalue weighted by Crippen LogP contribution is -2.38. The van der Waals surface area contributed by atoms with Crippen LogP contribution in [0.3, 0.4) is 0 Å². The quantitative estimate of drug-likeness (QED) is 0.820. The first-order chi connectivity index (χ1) is 8.52. The number of nitrogens with zero attached hydrogens (tertiary/aromatic N) is 2. The van der Waals surface area contributed by atoms with E-state index in [1.165, 1.54) is 0 Å². The highest BCUT2D eigenvalue weighted by Gasteiger charge is 2.37. The second kappa shape index (κ2) is 5.26. The van der Waals surface area contributed by atoms with Gasteiger partial charge in [0, 0.05) is 25.5 Å². The Bertz CT molecular complexity index is 436. The number of aliphatic hydroxyl groups excluding tert-OH is 1. The van der Waals surface area contributed by atoms with Crippen LogP contribution in [0.2, 0.25) is 5.15 Å². The number of likely N-dealkylation sites (tertiary alicyclic amines) is 1. The number of β-amino-alcohol motifs (C(OH)–C–C–N with tert-alkyl or cyclic N) is 1. The Balaban J connectivity index is 1.82. The Hall–Kier alpha value is -1.11. The van der Waals surface area contributed by atoms with E-state index in [1.54, 1.807) is 11.0 Å². The molecule has 1 saturated heterocycles. The van der Waals surface area contributed by atoms with Crippen LogP contribution in [0.5, 0.6) is 0 Å². The number of aryl methyl sites for hydroxylation is 1. The van der Waals surface area contributed by atoms with Crippen molar-refractivity contribution >= 4 is 17.5 Å². The SMILES string of the molecule is O=C(CCc1cc(Cl)no1)N1CCC(O)(CO)C1. The summed E-state index contributed by atoms with van der Waals surface area (Å²) in [6.07, 6.45) is 1.10. The fourth-order valence-electron chi connectivity index (χ4n) is 1.99. The maximum atomic E-state index is 11.9. The fourth-order valence-corrected chi connectivity index (χ4v) is 2.15. The van der Waals surface area contributed by atoms with E-state index in [9.17, 15) is 9.90 Å². The first-order valence-electron chi connectivity index (χ1n) is 5.74. The van der Waals surface area contributed by atoms with Crippen molar-refractivity contribution in [3.05, 3.63) is 17.0 Å². The summed E-state index contributed by atoms with van der Waals surface area (Å²) >= 11 is 5.60. The molecule has 7 heteroatoms. The van der Waals surface area contributed by atoms with Crippen molar-refractivity contribution in [3.63, 3.8) is 0 Å². The molecule has 0 aliphatic carbocycles. The average Bonchev–Trinajstić information content (AvgIpc) is 2.94. The zero-order valence-electron chi connectivity index (χ0n) is 9.80. The van der Waals surface area contributed by atoms with Crippen molar-refractivity contribution in [1.82, 2.24) is 10.1 Å². The number of aliphatic hydroxyl groups is 2. The lowest BCUT2D eigenvalue weighted by Gasteiger charge is -2.20. The minimum Gasteiger partial charge on any atom is -0.393 e. The van der Waals surface area contributed by atoms with Crippen LogP contribution in [-0.2, 0) is 11.2 Å². The molecule has 0 bridgehead atoms. The average molecular weight is 275 g/mol. The van der Waals surface area contributed by atoms with E-state index in [2.05, 4.69) is 5.16 Å². The largest absolute Gasteiger partial charge is 0.393 e. The number of rotatable bonds is 4. The zero-order valence-corrected chi connectivity index (χ0v) is 10.6. The van der Waals surface area contributed by atoms with Crippen LogP contribution in [0.4, 0.5) is 0 Å². The standard InChI is InChI=1S/C11H15ClN2O4/c12-9-5-8(18-13-9)1-2-10(16)14-4-3-11(17,6-14)7-15/h5,15,17H,1-4,6-7H2. The lowest BCUT2D eigenvalue weighted by molar-refractivity contribution is -0.131. The molecule has 0 saturated carbocycles. The van der Waals surface area contributed by atoms with Gasteiger partial charge in [-0.3, -0.25) is 4.79 Å². The number of hydrogen-bond donors (Lipinski definition) is 2. The van der Waals surface area contributed by atoms with E-state index in [0.29, 0.717) is 25.1 Å². The Morgan fingerprint density at radius 2 is 2.44 bits per heavy atom. The molecule has 1 fully saturated rings. The molecule has 0 aromatic carbocycles. The molecule has 6 nitrogen and oxygen atoms in total. The van der Waals surface area contributed by atoms with E-state index >= 15 is 0 Å². The van der Waals surface area contributed by atoms with Crippen molar-refractivity contribution in [1.29, 1.82) is 0 Å². The van der Waals surface area contributed by atoms with Crippen molar-refractivity contribution in [2.45, 2.75) is 24.9 Å². The molecule has 1 aliphatic heterocycles. The van der Waals surface area contributed by atoms with Crippen molar-refractivity contribution < 1.29 is 19.5 Å².